The standard InChI is InChI=1S/C11H13BrFNO2/c1-14(11(15)8-12)5-6-16-10-4-2-3-9(13)7-10/h2-4,7H,5-6,8H2,1H3. The number of halogens is 2. The van der Waals surface area contributed by atoms with Gasteiger partial charge in [0, 0.05) is 13.1 Å². The first-order valence-corrected chi connectivity index (χ1v) is 5.94. The maximum absolute atomic E-state index is 12.8. The quantitative estimate of drug-likeness (QED) is 0.777. The van der Waals surface area contributed by atoms with Gasteiger partial charge in [0.05, 0.1) is 11.9 Å². The second-order valence-corrected chi connectivity index (χ2v) is 3.82. The first-order chi connectivity index (χ1) is 7.63. The number of likely N-dealkylation sites (N-methyl/N-ethyl adjacent to an activating group) is 1. The van der Waals surface area contributed by atoms with Gasteiger partial charge in [-0.1, -0.05) is 22.0 Å². The highest BCUT2D eigenvalue weighted by Gasteiger charge is 2.06. The maximum Gasteiger partial charge on any atom is 0.233 e. The average Bonchev–Trinajstić information content (AvgIpc) is 2.28. The van der Waals surface area contributed by atoms with Gasteiger partial charge in [0.2, 0.25) is 5.91 Å². The Labute approximate surface area is 102 Å². The Kier molecular flexibility index (Phi) is 5.25. The van der Waals surface area contributed by atoms with Gasteiger partial charge in [-0.15, -0.1) is 0 Å². The number of rotatable bonds is 5. The van der Waals surface area contributed by atoms with Crippen LogP contribution >= 0.6 is 15.9 Å². The zero-order chi connectivity index (χ0) is 12.0. The number of ether oxygens (including phenoxy) is 1. The SMILES string of the molecule is CN(CCOc1cccc(F)c1)C(=O)CBr. The van der Waals surface area contributed by atoms with E-state index in [-0.39, 0.29) is 11.7 Å². The summed E-state index contributed by atoms with van der Waals surface area (Å²) in [5.74, 6) is 0.130. The van der Waals surface area contributed by atoms with Crippen molar-refractivity contribution >= 4 is 21.8 Å². The topological polar surface area (TPSA) is 29.5 Å². The third kappa shape index (κ3) is 4.18. The molecule has 0 heterocycles. The molecule has 16 heavy (non-hydrogen) atoms. The van der Waals surface area contributed by atoms with Gasteiger partial charge in [0.1, 0.15) is 18.2 Å². The molecule has 0 saturated carbocycles. The Hall–Kier alpha value is -1.10. The molecule has 0 N–H and O–H groups in total. The minimum atomic E-state index is -0.331. The molecule has 0 aliphatic heterocycles. The van der Waals surface area contributed by atoms with E-state index in [1.54, 1.807) is 24.1 Å². The molecule has 88 valence electrons. The van der Waals surface area contributed by atoms with Crippen LogP contribution in [0.3, 0.4) is 0 Å². The van der Waals surface area contributed by atoms with Crippen LogP contribution < -0.4 is 4.74 Å². The molecule has 1 rings (SSSR count). The number of hydrogen-bond donors (Lipinski definition) is 0. The van der Waals surface area contributed by atoms with Crippen LogP contribution in [0.5, 0.6) is 5.75 Å². The van der Waals surface area contributed by atoms with E-state index in [2.05, 4.69) is 15.9 Å². The van der Waals surface area contributed by atoms with Crippen molar-refractivity contribution in [1.29, 1.82) is 0 Å². The van der Waals surface area contributed by atoms with Crippen molar-refractivity contribution in [2.45, 2.75) is 0 Å². The van der Waals surface area contributed by atoms with Crippen molar-refractivity contribution in [1.82, 2.24) is 4.90 Å². The molecule has 1 aromatic carbocycles. The molecule has 1 aromatic rings. The highest BCUT2D eigenvalue weighted by atomic mass is 79.9. The van der Waals surface area contributed by atoms with Crippen LogP contribution in [0.4, 0.5) is 4.39 Å². The number of benzene rings is 1. The fourth-order valence-electron chi connectivity index (χ4n) is 1.08. The summed E-state index contributed by atoms with van der Waals surface area (Å²) in [6.45, 7) is 0.819. The summed E-state index contributed by atoms with van der Waals surface area (Å²) in [7, 11) is 1.69. The number of amides is 1. The molecule has 0 bridgehead atoms. The van der Waals surface area contributed by atoms with E-state index in [9.17, 15) is 9.18 Å². The summed E-state index contributed by atoms with van der Waals surface area (Å²) in [4.78, 5) is 12.7. The molecular formula is C11H13BrFNO2. The van der Waals surface area contributed by atoms with E-state index >= 15 is 0 Å². The number of carbonyl (C=O) groups excluding carboxylic acids is 1. The number of alkyl halides is 1. The van der Waals surface area contributed by atoms with Crippen LogP contribution in [0.1, 0.15) is 0 Å². The van der Waals surface area contributed by atoms with E-state index in [4.69, 9.17) is 4.74 Å². The van der Waals surface area contributed by atoms with Gasteiger partial charge < -0.3 is 9.64 Å². The van der Waals surface area contributed by atoms with Crippen LogP contribution in [0.15, 0.2) is 24.3 Å². The Bertz CT molecular complexity index is 360. The lowest BCUT2D eigenvalue weighted by Crippen LogP contribution is -2.31. The zero-order valence-corrected chi connectivity index (χ0v) is 10.5. The van der Waals surface area contributed by atoms with E-state index < -0.39 is 0 Å². The van der Waals surface area contributed by atoms with Crippen molar-refractivity contribution in [3.05, 3.63) is 30.1 Å². The van der Waals surface area contributed by atoms with Crippen LogP contribution in [-0.4, -0.2) is 36.3 Å². The minimum Gasteiger partial charge on any atom is -0.492 e. The lowest BCUT2D eigenvalue weighted by atomic mass is 10.3. The van der Waals surface area contributed by atoms with E-state index in [1.807, 2.05) is 0 Å². The highest BCUT2D eigenvalue weighted by Crippen LogP contribution is 2.11. The fourth-order valence-corrected chi connectivity index (χ4v) is 1.51. The van der Waals surface area contributed by atoms with E-state index in [1.165, 1.54) is 12.1 Å². The second-order valence-electron chi connectivity index (χ2n) is 3.25. The molecule has 1 amide bonds. The predicted molar refractivity (Wildman–Crippen MR) is 63.3 cm³/mol. The van der Waals surface area contributed by atoms with Gasteiger partial charge in [0.15, 0.2) is 0 Å². The van der Waals surface area contributed by atoms with Gasteiger partial charge in [-0.25, -0.2) is 4.39 Å². The molecule has 0 fully saturated rings. The van der Waals surface area contributed by atoms with E-state index in [0.717, 1.165) is 0 Å². The van der Waals surface area contributed by atoms with Crippen molar-refractivity contribution < 1.29 is 13.9 Å². The molecular weight excluding hydrogens is 277 g/mol. The summed E-state index contributed by atoms with van der Waals surface area (Å²) in [5, 5.41) is 0.295. The van der Waals surface area contributed by atoms with Gasteiger partial charge in [-0.3, -0.25) is 4.79 Å². The molecule has 5 heteroatoms. The summed E-state index contributed by atoms with van der Waals surface area (Å²) in [6, 6.07) is 5.92. The van der Waals surface area contributed by atoms with Crippen molar-refractivity contribution in [3.8, 4) is 5.75 Å². The van der Waals surface area contributed by atoms with E-state index in [0.29, 0.717) is 24.2 Å². The maximum atomic E-state index is 12.8. The third-order valence-corrected chi connectivity index (χ3v) is 2.51. The second kappa shape index (κ2) is 6.48. The van der Waals surface area contributed by atoms with Gasteiger partial charge in [0.25, 0.3) is 0 Å². The van der Waals surface area contributed by atoms with Crippen molar-refractivity contribution in [2.24, 2.45) is 0 Å². The monoisotopic (exact) mass is 289 g/mol. The molecule has 0 aromatic heterocycles. The summed E-state index contributed by atoms with van der Waals surface area (Å²) in [5.41, 5.74) is 0. The lowest BCUT2D eigenvalue weighted by Gasteiger charge is -2.16. The number of hydrogen-bond acceptors (Lipinski definition) is 2. The van der Waals surface area contributed by atoms with Crippen LogP contribution in [0.25, 0.3) is 0 Å². The molecule has 0 aliphatic rings. The van der Waals surface area contributed by atoms with Crippen LogP contribution in [0, 0.1) is 5.82 Å². The number of nitrogens with zero attached hydrogens (tertiary/aromatic N) is 1. The Morgan fingerprint density at radius 3 is 2.94 bits per heavy atom. The van der Waals surface area contributed by atoms with Crippen molar-refractivity contribution in [3.63, 3.8) is 0 Å². The molecule has 0 radical (unpaired) electrons. The zero-order valence-electron chi connectivity index (χ0n) is 8.95. The Balaban J connectivity index is 2.33. The Morgan fingerprint density at radius 1 is 1.56 bits per heavy atom. The summed E-state index contributed by atoms with van der Waals surface area (Å²) >= 11 is 3.08. The first-order valence-electron chi connectivity index (χ1n) is 4.82. The molecule has 0 spiro atoms. The van der Waals surface area contributed by atoms with Crippen LogP contribution in [0.2, 0.25) is 0 Å². The molecule has 0 atom stereocenters. The molecule has 0 aliphatic carbocycles. The first kappa shape index (κ1) is 13.0. The van der Waals surface area contributed by atoms with Crippen molar-refractivity contribution in [2.75, 3.05) is 25.5 Å². The minimum absolute atomic E-state index is 0.0113. The van der Waals surface area contributed by atoms with Gasteiger partial charge in [-0.2, -0.15) is 0 Å². The number of carbonyl (C=O) groups is 1. The summed E-state index contributed by atoms with van der Waals surface area (Å²) in [6.07, 6.45) is 0. The molecule has 0 saturated heterocycles. The fraction of sp³-hybridized carbons (Fsp3) is 0.364. The van der Waals surface area contributed by atoms with Gasteiger partial charge >= 0.3 is 0 Å². The third-order valence-electron chi connectivity index (χ3n) is 2.03. The largest absolute Gasteiger partial charge is 0.492 e. The molecule has 3 nitrogen and oxygen atoms in total. The average molecular weight is 290 g/mol. The van der Waals surface area contributed by atoms with Gasteiger partial charge in [-0.05, 0) is 12.1 Å². The molecule has 0 unspecified atom stereocenters. The highest BCUT2D eigenvalue weighted by molar-refractivity contribution is 9.09. The summed E-state index contributed by atoms with van der Waals surface area (Å²) < 4.78 is 18.1. The Morgan fingerprint density at radius 2 is 2.31 bits per heavy atom. The lowest BCUT2D eigenvalue weighted by molar-refractivity contribution is -0.127. The van der Waals surface area contributed by atoms with Crippen LogP contribution in [-0.2, 0) is 4.79 Å². The smallest absolute Gasteiger partial charge is 0.233 e. The normalized spacial score (nSPS) is 9.94. The predicted octanol–water partition coefficient (Wildman–Crippen LogP) is 2.06.